The standard InChI is InChI=1S/C34H47N3O6/c1-24(2)37(32(38)27-13-14-29(41-4)30(17-27)42-16-8-15-40-3)22-28-19-35-23-34(28)18-31(34)43-33(39)36(21-26-11-12-26)20-25-9-6-5-7-10-25/h5-7,9-10,13-14,17,24,26,28,31,35H,8,11-12,15-16,18-23H2,1-4H3/t28-,31-,34?/m0/s1. The maximum atomic E-state index is 13.9. The van der Waals surface area contributed by atoms with Crippen LogP contribution in [-0.2, 0) is 16.0 Å². The van der Waals surface area contributed by atoms with E-state index >= 15 is 0 Å². The Morgan fingerprint density at radius 2 is 1.81 bits per heavy atom. The Bertz CT molecular complexity index is 1240. The highest BCUT2D eigenvalue weighted by Crippen LogP contribution is 2.56. The molecule has 1 saturated heterocycles. The third kappa shape index (κ3) is 7.62. The molecule has 234 valence electrons. The van der Waals surface area contributed by atoms with E-state index in [1.54, 1.807) is 32.4 Å². The number of rotatable bonds is 15. The van der Waals surface area contributed by atoms with Gasteiger partial charge in [-0.2, -0.15) is 0 Å². The van der Waals surface area contributed by atoms with Gasteiger partial charge in [-0.05, 0) is 68.7 Å². The highest BCUT2D eigenvalue weighted by molar-refractivity contribution is 5.95. The first-order chi connectivity index (χ1) is 20.8. The van der Waals surface area contributed by atoms with Crippen LogP contribution in [-0.4, -0.2) is 87.6 Å². The van der Waals surface area contributed by atoms with Crippen LogP contribution >= 0.6 is 0 Å². The summed E-state index contributed by atoms with van der Waals surface area (Å²) in [6, 6.07) is 15.5. The molecule has 2 aromatic carbocycles. The molecule has 3 fully saturated rings. The summed E-state index contributed by atoms with van der Waals surface area (Å²) in [7, 11) is 3.26. The SMILES string of the molecule is COCCCOc1cc(C(=O)N(C[C@@H]2CNCC23C[C@@H]3OC(=O)N(Cc2ccccc2)CC2CC2)C(C)C)ccc1OC. The summed E-state index contributed by atoms with van der Waals surface area (Å²) in [6.45, 7) is 8.62. The molecule has 1 N–H and O–H groups in total. The third-order valence-electron chi connectivity index (χ3n) is 9.06. The molecule has 9 nitrogen and oxygen atoms in total. The molecule has 0 aromatic heterocycles. The number of carbonyl (C=O) groups is 2. The lowest BCUT2D eigenvalue weighted by molar-refractivity contribution is 0.0577. The molecule has 1 aliphatic heterocycles. The fraction of sp³-hybridized carbons (Fsp3) is 0.588. The van der Waals surface area contributed by atoms with E-state index in [1.165, 1.54) is 12.8 Å². The molecule has 3 atom stereocenters. The van der Waals surface area contributed by atoms with Gasteiger partial charge in [-0.3, -0.25) is 4.79 Å². The van der Waals surface area contributed by atoms with Gasteiger partial charge < -0.3 is 34.1 Å². The molecule has 2 aromatic rings. The highest BCUT2D eigenvalue weighted by Gasteiger charge is 2.64. The van der Waals surface area contributed by atoms with Gasteiger partial charge in [-0.1, -0.05) is 30.3 Å². The number of hydrogen-bond donors (Lipinski definition) is 1. The van der Waals surface area contributed by atoms with Gasteiger partial charge in [0.2, 0.25) is 0 Å². The second-order valence-corrected chi connectivity index (χ2v) is 12.6. The number of benzene rings is 2. The van der Waals surface area contributed by atoms with Crippen LogP contribution < -0.4 is 14.8 Å². The Morgan fingerprint density at radius 1 is 1.02 bits per heavy atom. The van der Waals surface area contributed by atoms with Gasteiger partial charge in [0.1, 0.15) is 6.10 Å². The van der Waals surface area contributed by atoms with Crippen LogP contribution in [0, 0.1) is 17.3 Å². The lowest BCUT2D eigenvalue weighted by Gasteiger charge is -2.32. The molecule has 2 aliphatic carbocycles. The molecule has 2 saturated carbocycles. The van der Waals surface area contributed by atoms with Gasteiger partial charge in [-0.15, -0.1) is 0 Å². The zero-order valence-corrected chi connectivity index (χ0v) is 26.1. The monoisotopic (exact) mass is 593 g/mol. The third-order valence-corrected chi connectivity index (χ3v) is 9.06. The lowest BCUT2D eigenvalue weighted by Crippen LogP contribution is -2.43. The van der Waals surface area contributed by atoms with Gasteiger partial charge in [0.15, 0.2) is 11.5 Å². The van der Waals surface area contributed by atoms with Gasteiger partial charge >= 0.3 is 6.09 Å². The molecular weight excluding hydrogens is 546 g/mol. The minimum atomic E-state index is -0.226. The predicted octanol–water partition coefficient (Wildman–Crippen LogP) is 4.99. The molecule has 43 heavy (non-hydrogen) atoms. The second-order valence-electron chi connectivity index (χ2n) is 12.6. The number of ether oxygens (including phenoxy) is 4. The van der Waals surface area contributed by atoms with E-state index in [2.05, 4.69) is 17.4 Å². The van der Waals surface area contributed by atoms with Gasteiger partial charge in [0, 0.05) is 69.9 Å². The maximum absolute atomic E-state index is 13.9. The van der Waals surface area contributed by atoms with E-state index in [0.717, 1.165) is 38.0 Å². The van der Waals surface area contributed by atoms with Gasteiger partial charge in [0.25, 0.3) is 5.91 Å². The van der Waals surface area contributed by atoms with Crippen molar-refractivity contribution in [1.82, 2.24) is 15.1 Å². The average Bonchev–Trinajstić information content (AvgIpc) is 3.91. The number of carbonyl (C=O) groups excluding carboxylic acids is 2. The van der Waals surface area contributed by atoms with Crippen LogP contribution in [0.1, 0.15) is 55.5 Å². The number of hydrogen-bond acceptors (Lipinski definition) is 7. The molecule has 1 unspecified atom stereocenters. The topological polar surface area (TPSA) is 89.6 Å². The van der Waals surface area contributed by atoms with Crippen molar-refractivity contribution < 1.29 is 28.5 Å². The minimum Gasteiger partial charge on any atom is -0.493 e. The summed E-state index contributed by atoms with van der Waals surface area (Å²) in [6.07, 6.45) is 3.54. The van der Waals surface area contributed by atoms with E-state index in [0.29, 0.717) is 49.3 Å². The minimum absolute atomic E-state index is 0.00187. The van der Waals surface area contributed by atoms with Crippen molar-refractivity contribution in [1.29, 1.82) is 0 Å². The number of nitrogens with one attached hydrogen (secondary N) is 1. The summed E-state index contributed by atoms with van der Waals surface area (Å²) in [5.41, 5.74) is 1.53. The van der Waals surface area contributed by atoms with Crippen molar-refractivity contribution in [2.75, 3.05) is 53.6 Å². The summed E-state index contributed by atoms with van der Waals surface area (Å²) >= 11 is 0. The van der Waals surface area contributed by atoms with Crippen LogP contribution in [0.3, 0.4) is 0 Å². The van der Waals surface area contributed by atoms with Gasteiger partial charge in [0.05, 0.1) is 13.7 Å². The predicted molar refractivity (Wildman–Crippen MR) is 164 cm³/mol. The molecule has 5 rings (SSSR count). The van der Waals surface area contributed by atoms with E-state index in [-0.39, 0.29) is 35.5 Å². The van der Waals surface area contributed by atoms with Crippen molar-refractivity contribution in [3.63, 3.8) is 0 Å². The van der Waals surface area contributed by atoms with Crippen LogP contribution in [0.4, 0.5) is 4.79 Å². The molecule has 0 bridgehead atoms. The maximum Gasteiger partial charge on any atom is 0.410 e. The van der Waals surface area contributed by atoms with Crippen LogP contribution in [0.15, 0.2) is 48.5 Å². The number of nitrogens with zero attached hydrogens (tertiary/aromatic N) is 2. The van der Waals surface area contributed by atoms with Crippen molar-refractivity contribution in [3.8, 4) is 11.5 Å². The Balaban J connectivity index is 1.23. The summed E-state index contributed by atoms with van der Waals surface area (Å²) in [4.78, 5) is 31.1. The normalized spacial score (nSPS) is 22.4. The Hall–Kier alpha value is -3.30. The van der Waals surface area contributed by atoms with Crippen LogP contribution in [0.25, 0.3) is 0 Å². The van der Waals surface area contributed by atoms with E-state index < -0.39 is 0 Å². The summed E-state index contributed by atoms with van der Waals surface area (Å²) < 4.78 is 22.7. The van der Waals surface area contributed by atoms with E-state index in [9.17, 15) is 9.59 Å². The first kappa shape index (κ1) is 31.1. The first-order valence-corrected chi connectivity index (χ1v) is 15.7. The highest BCUT2D eigenvalue weighted by atomic mass is 16.6. The Labute approximate surface area is 255 Å². The fourth-order valence-corrected chi connectivity index (χ4v) is 6.19. The van der Waals surface area contributed by atoms with Crippen molar-refractivity contribution in [2.24, 2.45) is 17.3 Å². The second kappa shape index (κ2) is 14.0. The number of methoxy groups -OCH3 is 2. The first-order valence-electron chi connectivity index (χ1n) is 15.7. The van der Waals surface area contributed by atoms with E-state index in [1.807, 2.05) is 41.8 Å². The molecule has 1 heterocycles. The van der Waals surface area contributed by atoms with Crippen molar-refractivity contribution >= 4 is 12.0 Å². The molecule has 3 aliphatic rings. The smallest absolute Gasteiger partial charge is 0.410 e. The van der Waals surface area contributed by atoms with Crippen LogP contribution in [0.5, 0.6) is 11.5 Å². The zero-order chi connectivity index (χ0) is 30.4. The Kier molecular flexibility index (Phi) is 10.1. The molecule has 0 radical (unpaired) electrons. The van der Waals surface area contributed by atoms with Crippen molar-refractivity contribution in [2.45, 2.75) is 58.2 Å². The summed E-state index contributed by atoms with van der Waals surface area (Å²) in [5.74, 6) is 1.85. The summed E-state index contributed by atoms with van der Waals surface area (Å²) in [5, 5.41) is 3.53. The molecule has 9 heteroatoms. The zero-order valence-electron chi connectivity index (χ0n) is 26.1. The van der Waals surface area contributed by atoms with Crippen molar-refractivity contribution in [3.05, 3.63) is 59.7 Å². The number of amides is 2. The fourth-order valence-electron chi connectivity index (χ4n) is 6.19. The molecule has 2 amide bonds. The molecular formula is C34H47N3O6. The van der Waals surface area contributed by atoms with Crippen LogP contribution in [0.2, 0.25) is 0 Å². The largest absolute Gasteiger partial charge is 0.493 e. The van der Waals surface area contributed by atoms with Gasteiger partial charge in [-0.25, -0.2) is 4.79 Å². The lowest BCUT2D eigenvalue weighted by atomic mass is 9.91. The van der Waals surface area contributed by atoms with E-state index in [4.69, 9.17) is 18.9 Å². The quantitative estimate of drug-likeness (QED) is 0.291. The Morgan fingerprint density at radius 3 is 2.51 bits per heavy atom. The molecule has 1 spiro atoms. The average molecular weight is 594 g/mol.